The molecule has 2 rings (SSSR count). The van der Waals surface area contributed by atoms with E-state index in [-0.39, 0.29) is 18.8 Å². The van der Waals surface area contributed by atoms with Crippen molar-refractivity contribution in [2.24, 2.45) is 0 Å². The van der Waals surface area contributed by atoms with Gasteiger partial charge in [-0.2, -0.15) is 0 Å². The zero-order chi connectivity index (χ0) is 18.3. The van der Waals surface area contributed by atoms with Crippen LogP contribution in [0.4, 0.5) is 0 Å². The normalized spacial score (nSPS) is 11.1. The van der Waals surface area contributed by atoms with Crippen LogP contribution in [-0.4, -0.2) is 28.0 Å². The zero-order valence-corrected chi connectivity index (χ0v) is 15.2. The average molecular weight is 383 g/mol. The minimum absolute atomic E-state index is 0.218. The zero-order valence-electron chi connectivity index (χ0n) is 13.7. The maximum atomic E-state index is 12.0. The van der Waals surface area contributed by atoms with Gasteiger partial charge in [-0.1, -0.05) is 41.9 Å². The summed E-state index contributed by atoms with van der Waals surface area (Å²) >= 11 is 5.77. The maximum absolute atomic E-state index is 12.0. The lowest BCUT2D eigenvalue weighted by atomic mass is 10.2. The highest BCUT2D eigenvalue weighted by Crippen LogP contribution is 2.16. The van der Waals surface area contributed by atoms with Crippen LogP contribution >= 0.6 is 11.6 Å². The third-order valence-corrected chi connectivity index (χ3v) is 4.94. The highest BCUT2D eigenvalue weighted by molar-refractivity contribution is 7.88. The van der Waals surface area contributed by atoms with E-state index in [1.54, 1.807) is 37.4 Å². The second-order valence-corrected chi connectivity index (χ2v) is 7.54. The molecule has 2 aromatic carbocycles. The number of hydrogen-bond acceptors (Lipinski definition) is 4. The van der Waals surface area contributed by atoms with Crippen LogP contribution in [0.1, 0.15) is 11.1 Å². The van der Waals surface area contributed by atoms with Gasteiger partial charge >= 0.3 is 0 Å². The predicted octanol–water partition coefficient (Wildman–Crippen LogP) is 2.08. The fourth-order valence-corrected chi connectivity index (χ4v) is 3.34. The monoisotopic (exact) mass is 382 g/mol. The van der Waals surface area contributed by atoms with E-state index in [0.29, 0.717) is 16.3 Å². The minimum Gasteiger partial charge on any atom is -0.496 e. The van der Waals surface area contributed by atoms with Gasteiger partial charge in [-0.05, 0) is 23.8 Å². The number of nitrogens with one attached hydrogen (secondary N) is 2. The lowest BCUT2D eigenvalue weighted by Gasteiger charge is -2.10. The number of carbonyl (C=O) groups excluding carboxylic acids is 1. The second kappa shape index (κ2) is 8.84. The van der Waals surface area contributed by atoms with E-state index < -0.39 is 15.9 Å². The summed E-state index contributed by atoms with van der Waals surface area (Å²) in [5.41, 5.74) is 1.40. The second-order valence-electron chi connectivity index (χ2n) is 5.30. The van der Waals surface area contributed by atoms with Crippen molar-refractivity contribution in [2.75, 3.05) is 13.7 Å². The lowest BCUT2D eigenvalue weighted by Crippen LogP contribution is -2.37. The molecule has 0 atom stereocenters. The van der Waals surface area contributed by atoms with Gasteiger partial charge < -0.3 is 10.1 Å². The first-order chi connectivity index (χ1) is 11.9. The summed E-state index contributed by atoms with van der Waals surface area (Å²) in [7, 11) is -2.07. The number of sulfonamides is 1. The van der Waals surface area contributed by atoms with E-state index in [0.717, 1.165) is 5.56 Å². The fraction of sp³-hybridized carbons (Fsp3) is 0.235. The third kappa shape index (κ3) is 6.38. The number of para-hydroxylation sites is 1. The molecule has 0 heterocycles. The van der Waals surface area contributed by atoms with Crippen molar-refractivity contribution in [1.29, 1.82) is 0 Å². The van der Waals surface area contributed by atoms with Gasteiger partial charge in [-0.3, -0.25) is 4.79 Å². The largest absolute Gasteiger partial charge is 0.496 e. The van der Waals surface area contributed by atoms with Crippen molar-refractivity contribution >= 4 is 27.5 Å². The van der Waals surface area contributed by atoms with E-state index in [2.05, 4.69) is 10.0 Å². The first kappa shape index (κ1) is 19.2. The van der Waals surface area contributed by atoms with Crippen molar-refractivity contribution in [2.45, 2.75) is 12.3 Å². The number of carbonyl (C=O) groups is 1. The Labute approximate surface area is 152 Å². The minimum atomic E-state index is -3.62. The summed E-state index contributed by atoms with van der Waals surface area (Å²) in [6.45, 7) is -0.0766. The molecule has 1 amide bonds. The summed E-state index contributed by atoms with van der Waals surface area (Å²) in [5.74, 6) is 0.0148. The molecule has 2 aromatic rings. The molecule has 0 saturated carbocycles. The van der Waals surface area contributed by atoms with E-state index in [1.165, 1.54) is 0 Å². The van der Waals surface area contributed by atoms with Crippen LogP contribution in [0.15, 0.2) is 48.5 Å². The summed E-state index contributed by atoms with van der Waals surface area (Å²) < 4.78 is 31.5. The number of halogens is 1. The Morgan fingerprint density at radius 1 is 1.12 bits per heavy atom. The van der Waals surface area contributed by atoms with Gasteiger partial charge in [-0.25, -0.2) is 13.1 Å². The van der Waals surface area contributed by atoms with Gasteiger partial charge in [0.15, 0.2) is 0 Å². The van der Waals surface area contributed by atoms with Gasteiger partial charge in [0.1, 0.15) is 5.75 Å². The Hall–Kier alpha value is -2.09. The number of hydrogen-bond donors (Lipinski definition) is 2. The number of methoxy groups -OCH3 is 1. The van der Waals surface area contributed by atoms with E-state index in [1.807, 2.05) is 18.2 Å². The molecule has 0 aromatic heterocycles. The number of amides is 1. The van der Waals surface area contributed by atoms with Crippen molar-refractivity contribution in [1.82, 2.24) is 10.0 Å². The van der Waals surface area contributed by atoms with Crippen molar-refractivity contribution in [3.8, 4) is 5.75 Å². The molecule has 0 bridgehead atoms. The molecule has 0 spiro atoms. The van der Waals surface area contributed by atoms with Crippen LogP contribution in [0.2, 0.25) is 5.02 Å². The molecule has 2 N–H and O–H groups in total. The first-order valence-electron chi connectivity index (χ1n) is 7.50. The molecule has 0 unspecified atom stereocenters. The highest BCUT2D eigenvalue weighted by atomic mass is 35.5. The van der Waals surface area contributed by atoms with Crippen LogP contribution < -0.4 is 14.8 Å². The van der Waals surface area contributed by atoms with Crippen LogP contribution in [0.3, 0.4) is 0 Å². The van der Waals surface area contributed by atoms with E-state index in [9.17, 15) is 13.2 Å². The SMILES string of the molecule is COc1ccccc1CNC(=O)CNS(=O)(=O)Cc1ccc(Cl)cc1. The van der Waals surface area contributed by atoms with Crippen LogP contribution in [0.25, 0.3) is 0 Å². The molecule has 8 heteroatoms. The molecular weight excluding hydrogens is 364 g/mol. The molecule has 0 aliphatic heterocycles. The average Bonchev–Trinajstić information content (AvgIpc) is 2.60. The number of benzene rings is 2. The molecule has 0 aliphatic carbocycles. The van der Waals surface area contributed by atoms with Gasteiger partial charge in [0, 0.05) is 17.1 Å². The van der Waals surface area contributed by atoms with Crippen molar-refractivity contribution < 1.29 is 17.9 Å². The van der Waals surface area contributed by atoms with Gasteiger partial charge in [-0.15, -0.1) is 0 Å². The number of rotatable bonds is 8. The Balaban J connectivity index is 1.83. The van der Waals surface area contributed by atoms with Gasteiger partial charge in [0.25, 0.3) is 0 Å². The van der Waals surface area contributed by atoms with E-state index in [4.69, 9.17) is 16.3 Å². The summed E-state index contributed by atoms with van der Waals surface area (Å²) in [6.07, 6.45) is 0. The number of ether oxygens (including phenoxy) is 1. The Bertz CT molecular complexity index is 823. The first-order valence-corrected chi connectivity index (χ1v) is 9.53. The smallest absolute Gasteiger partial charge is 0.235 e. The topological polar surface area (TPSA) is 84.5 Å². The van der Waals surface area contributed by atoms with Gasteiger partial charge in [0.05, 0.1) is 19.4 Å². The van der Waals surface area contributed by atoms with Crippen molar-refractivity contribution in [3.05, 3.63) is 64.7 Å². The third-order valence-electron chi connectivity index (χ3n) is 3.39. The van der Waals surface area contributed by atoms with Crippen LogP contribution in [-0.2, 0) is 27.1 Å². The summed E-state index contributed by atoms with van der Waals surface area (Å²) in [5, 5.41) is 3.19. The fourth-order valence-electron chi connectivity index (χ4n) is 2.13. The quantitative estimate of drug-likeness (QED) is 0.732. The standard InChI is InChI=1S/C17H19ClN2O4S/c1-24-16-5-3-2-4-14(16)10-19-17(21)11-20-25(22,23)12-13-6-8-15(18)9-7-13/h2-9,20H,10-12H2,1H3,(H,19,21). The van der Waals surface area contributed by atoms with Crippen molar-refractivity contribution in [3.63, 3.8) is 0 Å². The maximum Gasteiger partial charge on any atom is 0.235 e. The summed E-state index contributed by atoms with van der Waals surface area (Å²) in [6, 6.07) is 13.8. The predicted molar refractivity (Wildman–Crippen MR) is 96.9 cm³/mol. The van der Waals surface area contributed by atoms with Crippen LogP contribution in [0.5, 0.6) is 5.75 Å². The summed E-state index contributed by atoms with van der Waals surface area (Å²) in [4.78, 5) is 11.9. The highest BCUT2D eigenvalue weighted by Gasteiger charge is 2.13. The molecule has 0 saturated heterocycles. The molecule has 0 radical (unpaired) electrons. The molecule has 134 valence electrons. The molecule has 6 nitrogen and oxygen atoms in total. The molecule has 25 heavy (non-hydrogen) atoms. The van der Waals surface area contributed by atoms with Crippen LogP contribution in [0, 0.1) is 0 Å². The molecule has 0 fully saturated rings. The lowest BCUT2D eigenvalue weighted by molar-refractivity contribution is -0.120. The molecule has 0 aliphatic rings. The Morgan fingerprint density at radius 3 is 2.48 bits per heavy atom. The van der Waals surface area contributed by atoms with Gasteiger partial charge in [0.2, 0.25) is 15.9 Å². The van der Waals surface area contributed by atoms with E-state index >= 15 is 0 Å². The Kier molecular flexibility index (Phi) is 6.81. The molecular formula is C17H19ClN2O4S. The Morgan fingerprint density at radius 2 is 1.80 bits per heavy atom.